The number of benzene rings is 1. The molecule has 0 saturated heterocycles. The zero-order chi connectivity index (χ0) is 10.9. The Morgan fingerprint density at radius 1 is 1.33 bits per heavy atom. The van der Waals surface area contributed by atoms with Crippen molar-refractivity contribution in [2.24, 2.45) is 5.73 Å². The number of hydrogen-bond donors (Lipinski definition) is 1. The first-order valence-corrected chi connectivity index (χ1v) is 6.44. The smallest absolute Gasteiger partial charge is 0.0204 e. The van der Waals surface area contributed by atoms with Crippen molar-refractivity contribution in [1.29, 1.82) is 0 Å². The second kappa shape index (κ2) is 4.26. The standard InChI is InChI=1S/C13H18BrN/c1-10-8-11(4-5-12(10)14)13(9-15)6-2-3-7-13/h4-5,8H,2-3,6-7,9,15H2,1H3. The zero-order valence-corrected chi connectivity index (χ0v) is 10.8. The first-order valence-electron chi connectivity index (χ1n) is 5.65. The van der Waals surface area contributed by atoms with Gasteiger partial charge in [-0.05, 0) is 37.0 Å². The second-order valence-electron chi connectivity index (χ2n) is 4.66. The van der Waals surface area contributed by atoms with Crippen LogP contribution in [-0.4, -0.2) is 6.54 Å². The highest BCUT2D eigenvalue weighted by Crippen LogP contribution is 2.40. The van der Waals surface area contributed by atoms with E-state index in [0.717, 1.165) is 6.54 Å². The highest BCUT2D eigenvalue weighted by molar-refractivity contribution is 9.10. The summed E-state index contributed by atoms with van der Waals surface area (Å²) in [5, 5.41) is 0. The van der Waals surface area contributed by atoms with Gasteiger partial charge in [0.25, 0.3) is 0 Å². The number of aryl methyl sites for hydroxylation is 1. The number of halogens is 1. The molecule has 0 aromatic heterocycles. The Balaban J connectivity index is 2.38. The molecule has 82 valence electrons. The summed E-state index contributed by atoms with van der Waals surface area (Å²) in [6, 6.07) is 6.68. The number of rotatable bonds is 2. The van der Waals surface area contributed by atoms with Gasteiger partial charge in [-0.25, -0.2) is 0 Å². The summed E-state index contributed by atoms with van der Waals surface area (Å²) in [6.45, 7) is 2.93. The normalized spacial score (nSPS) is 19.4. The summed E-state index contributed by atoms with van der Waals surface area (Å²) in [7, 11) is 0. The van der Waals surface area contributed by atoms with E-state index < -0.39 is 0 Å². The second-order valence-corrected chi connectivity index (χ2v) is 5.51. The van der Waals surface area contributed by atoms with Crippen molar-refractivity contribution < 1.29 is 0 Å². The maximum Gasteiger partial charge on any atom is 0.0204 e. The van der Waals surface area contributed by atoms with Crippen LogP contribution < -0.4 is 5.73 Å². The molecule has 1 aliphatic rings. The van der Waals surface area contributed by atoms with Crippen LogP contribution in [0.5, 0.6) is 0 Å². The molecule has 0 bridgehead atoms. The average Bonchev–Trinajstić information content (AvgIpc) is 2.72. The molecule has 0 spiro atoms. The van der Waals surface area contributed by atoms with Gasteiger partial charge in [-0.1, -0.05) is 40.9 Å². The Kier molecular flexibility index (Phi) is 3.17. The largest absolute Gasteiger partial charge is 0.330 e. The van der Waals surface area contributed by atoms with Crippen LogP contribution >= 0.6 is 15.9 Å². The highest BCUT2D eigenvalue weighted by atomic mass is 79.9. The predicted octanol–water partition coefficient (Wildman–Crippen LogP) is 3.53. The van der Waals surface area contributed by atoms with Gasteiger partial charge in [0.15, 0.2) is 0 Å². The molecule has 0 amide bonds. The lowest BCUT2D eigenvalue weighted by Gasteiger charge is -2.28. The number of nitrogens with two attached hydrogens (primary N) is 1. The Labute approximate surface area is 100 Å². The van der Waals surface area contributed by atoms with Gasteiger partial charge in [-0.2, -0.15) is 0 Å². The van der Waals surface area contributed by atoms with Crippen LogP contribution in [0.15, 0.2) is 22.7 Å². The Morgan fingerprint density at radius 3 is 2.53 bits per heavy atom. The molecule has 2 heteroatoms. The fraction of sp³-hybridized carbons (Fsp3) is 0.538. The first kappa shape index (κ1) is 11.2. The molecule has 2 N–H and O–H groups in total. The third-order valence-electron chi connectivity index (χ3n) is 3.72. The Morgan fingerprint density at radius 2 is 2.00 bits per heavy atom. The summed E-state index contributed by atoms with van der Waals surface area (Å²) < 4.78 is 1.19. The number of hydrogen-bond acceptors (Lipinski definition) is 1. The lowest BCUT2D eigenvalue weighted by Crippen LogP contribution is -2.32. The molecule has 0 aliphatic heterocycles. The van der Waals surface area contributed by atoms with Crippen LogP contribution in [0.3, 0.4) is 0 Å². The van der Waals surface area contributed by atoms with E-state index in [0.29, 0.717) is 0 Å². The van der Waals surface area contributed by atoms with E-state index in [2.05, 4.69) is 41.1 Å². The van der Waals surface area contributed by atoms with Crippen LogP contribution in [0.2, 0.25) is 0 Å². The minimum absolute atomic E-state index is 0.269. The van der Waals surface area contributed by atoms with E-state index in [1.165, 1.54) is 41.3 Å². The lowest BCUT2D eigenvalue weighted by molar-refractivity contribution is 0.453. The van der Waals surface area contributed by atoms with E-state index in [9.17, 15) is 0 Å². The van der Waals surface area contributed by atoms with Crippen LogP contribution in [0, 0.1) is 6.92 Å². The first-order chi connectivity index (χ1) is 7.18. The summed E-state index contributed by atoms with van der Waals surface area (Å²) in [4.78, 5) is 0. The molecule has 1 nitrogen and oxygen atoms in total. The quantitative estimate of drug-likeness (QED) is 0.872. The van der Waals surface area contributed by atoms with Crippen molar-refractivity contribution in [3.8, 4) is 0 Å². The SMILES string of the molecule is Cc1cc(C2(CN)CCCC2)ccc1Br. The third kappa shape index (κ3) is 1.98. The molecule has 1 aromatic rings. The Bertz CT molecular complexity index is 354. The monoisotopic (exact) mass is 267 g/mol. The van der Waals surface area contributed by atoms with Crippen molar-refractivity contribution in [2.45, 2.75) is 38.0 Å². The van der Waals surface area contributed by atoms with Crippen LogP contribution in [0.1, 0.15) is 36.8 Å². The fourth-order valence-corrected chi connectivity index (χ4v) is 2.88. The van der Waals surface area contributed by atoms with Crippen molar-refractivity contribution in [1.82, 2.24) is 0 Å². The van der Waals surface area contributed by atoms with Crippen molar-refractivity contribution in [2.75, 3.05) is 6.54 Å². The molecule has 0 radical (unpaired) electrons. The van der Waals surface area contributed by atoms with E-state index in [1.807, 2.05) is 0 Å². The molecule has 0 atom stereocenters. The molecule has 2 rings (SSSR count). The van der Waals surface area contributed by atoms with E-state index >= 15 is 0 Å². The topological polar surface area (TPSA) is 26.0 Å². The predicted molar refractivity (Wildman–Crippen MR) is 68.1 cm³/mol. The maximum absolute atomic E-state index is 5.98. The molecule has 0 unspecified atom stereocenters. The molecule has 1 aromatic carbocycles. The molecule has 1 saturated carbocycles. The summed E-state index contributed by atoms with van der Waals surface area (Å²) >= 11 is 3.55. The van der Waals surface area contributed by atoms with Crippen molar-refractivity contribution >= 4 is 15.9 Å². The summed E-state index contributed by atoms with van der Waals surface area (Å²) in [5.41, 5.74) is 8.99. The molecule has 1 fully saturated rings. The van der Waals surface area contributed by atoms with Crippen molar-refractivity contribution in [3.05, 3.63) is 33.8 Å². The fourth-order valence-electron chi connectivity index (χ4n) is 2.64. The molecule has 15 heavy (non-hydrogen) atoms. The lowest BCUT2D eigenvalue weighted by atomic mass is 9.78. The molecule has 1 aliphatic carbocycles. The summed E-state index contributed by atoms with van der Waals surface area (Å²) in [6.07, 6.45) is 5.16. The van der Waals surface area contributed by atoms with Gasteiger partial charge in [0.1, 0.15) is 0 Å². The maximum atomic E-state index is 5.98. The minimum atomic E-state index is 0.269. The van der Waals surface area contributed by atoms with Gasteiger partial charge in [0.2, 0.25) is 0 Å². The molecular weight excluding hydrogens is 250 g/mol. The average molecular weight is 268 g/mol. The van der Waals surface area contributed by atoms with Crippen LogP contribution in [0.25, 0.3) is 0 Å². The van der Waals surface area contributed by atoms with Gasteiger partial charge in [-0.3, -0.25) is 0 Å². The minimum Gasteiger partial charge on any atom is -0.330 e. The van der Waals surface area contributed by atoms with Crippen molar-refractivity contribution in [3.63, 3.8) is 0 Å². The van der Waals surface area contributed by atoms with Gasteiger partial charge in [0.05, 0.1) is 0 Å². The van der Waals surface area contributed by atoms with Crippen LogP contribution in [-0.2, 0) is 5.41 Å². The van der Waals surface area contributed by atoms with Gasteiger partial charge in [-0.15, -0.1) is 0 Å². The highest BCUT2D eigenvalue weighted by Gasteiger charge is 2.34. The molecular formula is C13H18BrN. The van der Waals surface area contributed by atoms with Gasteiger partial charge in [0, 0.05) is 16.4 Å². The summed E-state index contributed by atoms with van der Waals surface area (Å²) in [5.74, 6) is 0. The van der Waals surface area contributed by atoms with E-state index in [-0.39, 0.29) is 5.41 Å². The third-order valence-corrected chi connectivity index (χ3v) is 4.61. The zero-order valence-electron chi connectivity index (χ0n) is 9.22. The van der Waals surface area contributed by atoms with Gasteiger partial charge >= 0.3 is 0 Å². The molecule has 0 heterocycles. The van der Waals surface area contributed by atoms with Crippen LogP contribution in [0.4, 0.5) is 0 Å². The van der Waals surface area contributed by atoms with Gasteiger partial charge < -0.3 is 5.73 Å². The van der Waals surface area contributed by atoms with E-state index in [4.69, 9.17) is 5.73 Å². The van der Waals surface area contributed by atoms with E-state index in [1.54, 1.807) is 0 Å². The Hall–Kier alpha value is -0.340.